The molecule has 0 saturated carbocycles. The minimum Gasteiger partial charge on any atom is -0.497 e. The van der Waals surface area contributed by atoms with Gasteiger partial charge in [0.2, 0.25) is 0 Å². The highest BCUT2D eigenvalue weighted by Gasteiger charge is 2.28. The average Bonchev–Trinajstić information content (AvgIpc) is 3.14. The Morgan fingerprint density at radius 1 is 1.00 bits per heavy atom. The molecule has 0 spiro atoms. The SMILES string of the molecule is COc1ccc(-n2nc(C(N)=O)c(-c3ccc(C(C)(C)CN(C)C)cc3)c2C(N)=O)cc1. The van der Waals surface area contributed by atoms with Crippen molar-refractivity contribution in [3.63, 3.8) is 0 Å². The van der Waals surface area contributed by atoms with Crippen molar-refractivity contribution in [2.75, 3.05) is 27.7 Å². The maximum Gasteiger partial charge on any atom is 0.269 e. The van der Waals surface area contributed by atoms with Crippen LogP contribution in [0, 0.1) is 0 Å². The van der Waals surface area contributed by atoms with E-state index in [0.29, 0.717) is 22.6 Å². The van der Waals surface area contributed by atoms with Crippen molar-refractivity contribution in [3.8, 4) is 22.6 Å². The molecule has 2 aromatic carbocycles. The molecule has 4 N–H and O–H groups in total. The number of likely N-dealkylation sites (N-methyl/N-ethyl adjacent to an activating group) is 1. The summed E-state index contributed by atoms with van der Waals surface area (Å²) < 4.78 is 6.53. The molecule has 8 nitrogen and oxygen atoms in total. The summed E-state index contributed by atoms with van der Waals surface area (Å²) in [5.74, 6) is -0.813. The maximum atomic E-state index is 12.5. The monoisotopic (exact) mass is 435 g/mol. The second-order valence-corrected chi connectivity index (χ2v) is 8.61. The zero-order valence-electron chi connectivity index (χ0n) is 19.0. The first-order valence-corrected chi connectivity index (χ1v) is 10.2. The van der Waals surface area contributed by atoms with Crippen LogP contribution >= 0.6 is 0 Å². The van der Waals surface area contributed by atoms with Gasteiger partial charge in [0.1, 0.15) is 11.4 Å². The van der Waals surface area contributed by atoms with Gasteiger partial charge in [0.25, 0.3) is 11.8 Å². The molecule has 32 heavy (non-hydrogen) atoms. The van der Waals surface area contributed by atoms with Crippen LogP contribution in [-0.2, 0) is 5.41 Å². The molecule has 2 amide bonds. The van der Waals surface area contributed by atoms with Crippen LogP contribution in [0.5, 0.6) is 5.75 Å². The molecule has 0 aliphatic heterocycles. The van der Waals surface area contributed by atoms with Crippen LogP contribution in [0.4, 0.5) is 0 Å². The van der Waals surface area contributed by atoms with Crippen LogP contribution in [-0.4, -0.2) is 54.2 Å². The Labute approximate surface area is 187 Å². The number of aromatic nitrogens is 2. The van der Waals surface area contributed by atoms with E-state index in [2.05, 4.69) is 23.8 Å². The minimum atomic E-state index is -0.744. The fourth-order valence-electron chi connectivity index (χ4n) is 3.97. The second-order valence-electron chi connectivity index (χ2n) is 8.61. The number of nitrogens with zero attached hydrogens (tertiary/aromatic N) is 3. The van der Waals surface area contributed by atoms with E-state index in [9.17, 15) is 9.59 Å². The van der Waals surface area contributed by atoms with Crippen molar-refractivity contribution in [3.05, 3.63) is 65.5 Å². The highest BCUT2D eigenvalue weighted by atomic mass is 16.5. The van der Waals surface area contributed by atoms with Crippen LogP contribution < -0.4 is 16.2 Å². The van der Waals surface area contributed by atoms with Crippen molar-refractivity contribution in [2.24, 2.45) is 11.5 Å². The molecule has 168 valence electrons. The molecular weight excluding hydrogens is 406 g/mol. The standard InChI is InChI=1S/C24H29N5O3/c1-24(2,14-28(3)4)16-8-6-15(7-9-16)19-20(22(25)30)27-29(21(19)23(26)31)17-10-12-18(32-5)13-11-17/h6-13H,14H2,1-5H3,(H2,25,30)(H2,26,31). The molecule has 0 radical (unpaired) electrons. The summed E-state index contributed by atoms with van der Waals surface area (Å²) >= 11 is 0. The third-order valence-corrected chi connectivity index (χ3v) is 5.34. The van der Waals surface area contributed by atoms with Gasteiger partial charge in [0, 0.05) is 17.5 Å². The Kier molecular flexibility index (Phi) is 6.36. The lowest BCUT2D eigenvalue weighted by atomic mass is 9.83. The molecule has 0 aliphatic rings. The van der Waals surface area contributed by atoms with E-state index in [1.54, 1.807) is 31.4 Å². The van der Waals surface area contributed by atoms with E-state index in [1.165, 1.54) is 4.68 Å². The van der Waals surface area contributed by atoms with E-state index in [4.69, 9.17) is 16.2 Å². The number of methoxy groups -OCH3 is 1. The first kappa shape index (κ1) is 23.0. The topological polar surface area (TPSA) is 116 Å². The number of ether oxygens (including phenoxy) is 1. The minimum absolute atomic E-state index is 0.0186. The van der Waals surface area contributed by atoms with Gasteiger partial charge in [-0.1, -0.05) is 38.1 Å². The Morgan fingerprint density at radius 3 is 2.06 bits per heavy atom. The number of hydrogen-bond acceptors (Lipinski definition) is 5. The second kappa shape index (κ2) is 8.84. The summed E-state index contributed by atoms with van der Waals surface area (Å²) in [5, 5.41) is 4.34. The lowest BCUT2D eigenvalue weighted by Crippen LogP contribution is -2.32. The van der Waals surface area contributed by atoms with E-state index < -0.39 is 11.8 Å². The van der Waals surface area contributed by atoms with Crippen molar-refractivity contribution >= 4 is 11.8 Å². The van der Waals surface area contributed by atoms with Gasteiger partial charge in [-0.15, -0.1) is 0 Å². The quantitative estimate of drug-likeness (QED) is 0.564. The molecule has 0 aliphatic carbocycles. The third-order valence-electron chi connectivity index (χ3n) is 5.34. The molecule has 1 heterocycles. The van der Waals surface area contributed by atoms with E-state index in [0.717, 1.165) is 12.1 Å². The number of carbonyl (C=O) groups excluding carboxylic acids is 2. The van der Waals surface area contributed by atoms with Crippen molar-refractivity contribution < 1.29 is 14.3 Å². The zero-order chi connectivity index (χ0) is 23.6. The molecule has 1 aromatic heterocycles. The van der Waals surface area contributed by atoms with Crippen LogP contribution in [0.1, 0.15) is 40.4 Å². The summed E-state index contributed by atoms with van der Waals surface area (Å²) in [6.45, 7) is 5.18. The third kappa shape index (κ3) is 4.50. The number of hydrogen-bond donors (Lipinski definition) is 2. The van der Waals surface area contributed by atoms with Crippen molar-refractivity contribution in [2.45, 2.75) is 19.3 Å². The summed E-state index contributed by atoms with van der Waals surface area (Å²) in [6.07, 6.45) is 0. The Hall–Kier alpha value is -3.65. The summed E-state index contributed by atoms with van der Waals surface area (Å²) in [4.78, 5) is 26.8. The summed E-state index contributed by atoms with van der Waals surface area (Å²) in [5.41, 5.74) is 14.0. The highest BCUT2D eigenvalue weighted by Crippen LogP contribution is 2.32. The largest absolute Gasteiger partial charge is 0.497 e. The number of primary amides is 2. The van der Waals surface area contributed by atoms with Gasteiger partial charge < -0.3 is 21.1 Å². The maximum absolute atomic E-state index is 12.5. The lowest BCUT2D eigenvalue weighted by Gasteiger charge is -2.29. The highest BCUT2D eigenvalue weighted by molar-refractivity contribution is 6.06. The summed E-state index contributed by atoms with van der Waals surface area (Å²) in [7, 11) is 5.62. The van der Waals surface area contributed by atoms with Gasteiger partial charge >= 0.3 is 0 Å². The van der Waals surface area contributed by atoms with Crippen LogP contribution in [0.25, 0.3) is 16.8 Å². The Balaban J connectivity index is 2.16. The van der Waals surface area contributed by atoms with Gasteiger partial charge in [-0.25, -0.2) is 4.68 Å². The number of nitrogens with two attached hydrogens (primary N) is 2. The molecule has 0 bridgehead atoms. The van der Waals surface area contributed by atoms with Gasteiger partial charge in [0.05, 0.1) is 12.8 Å². The Bertz CT molecular complexity index is 1130. The molecule has 3 aromatic rings. The van der Waals surface area contributed by atoms with Crippen molar-refractivity contribution in [1.29, 1.82) is 0 Å². The molecule has 8 heteroatoms. The van der Waals surface area contributed by atoms with Crippen LogP contribution in [0.2, 0.25) is 0 Å². The van der Waals surface area contributed by atoms with Crippen LogP contribution in [0.3, 0.4) is 0 Å². The molecule has 0 atom stereocenters. The van der Waals surface area contributed by atoms with Gasteiger partial charge in [-0.05, 0) is 49.5 Å². The normalized spacial score (nSPS) is 11.6. The number of amides is 2. The molecule has 0 fully saturated rings. The number of rotatable bonds is 8. The van der Waals surface area contributed by atoms with E-state index >= 15 is 0 Å². The fourth-order valence-corrected chi connectivity index (χ4v) is 3.97. The smallest absolute Gasteiger partial charge is 0.269 e. The van der Waals surface area contributed by atoms with E-state index in [1.807, 2.05) is 38.4 Å². The molecule has 0 saturated heterocycles. The Morgan fingerprint density at radius 2 is 1.59 bits per heavy atom. The molecular formula is C24H29N5O3. The van der Waals surface area contributed by atoms with Crippen LogP contribution in [0.15, 0.2) is 48.5 Å². The van der Waals surface area contributed by atoms with Gasteiger partial charge in [-0.3, -0.25) is 9.59 Å². The molecule has 3 rings (SSSR count). The van der Waals surface area contributed by atoms with E-state index in [-0.39, 0.29) is 16.8 Å². The number of carbonyl (C=O) groups is 2. The predicted octanol–water partition coefficient (Wildman–Crippen LogP) is 2.58. The lowest BCUT2D eigenvalue weighted by molar-refractivity contribution is 0.0986. The first-order chi connectivity index (χ1) is 15.0. The zero-order valence-corrected chi connectivity index (χ0v) is 19.0. The van der Waals surface area contributed by atoms with Crippen molar-refractivity contribution in [1.82, 2.24) is 14.7 Å². The fraction of sp³-hybridized carbons (Fsp3) is 0.292. The first-order valence-electron chi connectivity index (χ1n) is 10.2. The van der Waals surface area contributed by atoms with Gasteiger partial charge in [0.15, 0.2) is 5.69 Å². The summed E-state index contributed by atoms with van der Waals surface area (Å²) in [6, 6.07) is 14.6. The van der Waals surface area contributed by atoms with Gasteiger partial charge in [-0.2, -0.15) is 5.10 Å². The average molecular weight is 436 g/mol. The molecule has 0 unspecified atom stereocenters. The number of benzene rings is 2. The predicted molar refractivity (Wildman–Crippen MR) is 124 cm³/mol.